The zero-order valence-electron chi connectivity index (χ0n) is 8.25. The van der Waals surface area contributed by atoms with Crippen LogP contribution in [0.1, 0.15) is 12.0 Å². The predicted octanol–water partition coefficient (Wildman–Crippen LogP) is 2.43. The maximum Gasteiger partial charge on any atom is 0.127 e. The Morgan fingerprint density at radius 1 is 1.40 bits per heavy atom. The van der Waals surface area contributed by atoms with Crippen molar-refractivity contribution in [1.29, 1.82) is 0 Å². The van der Waals surface area contributed by atoms with Gasteiger partial charge in [-0.05, 0) is 18.7 Å². The van der Waals surface area contributed by atoms with E-state index >= 15 is 0 Å². The van der Waals surface area contributed by atoms with Gasteiger partial charge < -0.3 is 10.1 Å². The highest BCUT2D eigenvalue weighted by molar-refractivity contribution is 6.31. The molecule has 0 saturated carbocycles. The van der Waals surface area contributed by atoms with Crippen LogP contribution in [0.4, 0.5) is 0 Å². The van der Waals surface area contributed by atoms with Gasteiger partial charge in [-0.1, -0.05) is 17.7 Å². The monoisotopic (exact) mass is 245 g/mol. The number of nitrogens with one attached hydrogen (secondary N) is 1. The minimum absolute atomic E-state index is 0. The molecule has 0 amide bonds. The molecule has 1 aromatic rings. The number of hydrogen-bond acceptors (Lipinski definition) is 2. The average Bonchev–Trinajstić information content (AvgIpc) is 2.75. The van der Waals surface area contributed by atoms with E-state index in [0.717, 1.165) is 36.7 Å². The Hall–Kier alpha value is -0.440. The zero-order chi connectivity index (χ0) is 9.60. The molecule has 1 aromatic carbocycles. The summed E-state index contributed by atoms with van der Waals surface area (Å²) in [6.07, 6.45) is 2.03. The maximum atomic E-state index is 6.13. The molecule has 3 rings (SSSR count). The molecule has 2 aliphatic rings. The van der Waals surface area contributed by atoms with E-state index in [2.05, 4.69) is 5.32 Å². The van der Waals surface area contributed by atoms with Gasteiger partial charge in [-0.15, -0.1) is 12.4 Å². The van der Waals surface area contributed by atoms with E-state index < -0.39 is 0 Å². The quantitative estimate of drug-likeness (QED) is 0.759. The molecule has 0 bridgehead atoms. The summed E-state index contributed by atoms with van der Waals surface area (Å²) in [6.45, 7) is 1.99. The maximum absolute atomic E-state index is 6.13. The molecule has 0 radical (unpaired) electrons. The fraction of sp³-hybridized carbons (Fsp3) is 0.455. The molecule has 1 fully saturated rings. The van der Waals surface area contributed by atoms with Crippen LogP contribution < -0.4 is 10.1 Å². The molecule has 2 aliphatic heterocycles. The third-order valence-corrected chi connectivity index (χ3v) is 3.46. The fourth-order valence-corrected chi connectivity index (χ4v) is 2.59. The van der Waals surface area contributed by atoms with Crippen molar-refractivity contribution in [1.82, 2.24) is 5.32 Å². The Bertz CT molecular complexity index is 375. The number of halogens is 2. The molecule has 1 atom stereocenters. The number of benzene rings is 1. The van der Waals surface area contributed by atoms with Crippen molar-refractivity contribution in [2.45, 2.75) is 18.4 Å². The van der Waals surface area contributed by atoms with Gasteiger partial charge in [0.15, 0.2) is 0 Å². The fourth-order valence-electron chi connectivity index (χ4n) is 2.36. The first kappa shape index (κ1) is 11.1. The third kappa shape index (κ3) is 1.71. The summed E-state index contributed by atoms with van der Waals surface area (Å²) in [5.74, 6) is 0.973. The summed E-state index contributed by atoms with van der Waals surface area (Å²) >= 11 is 6.13. The molecular formula is C11H13Cl2NO. The first-order chi connectivity index (χ1) is 6.79. The van der Waals surface area contributed by atoms with Crippen molar-refractivity contribution >= 4 is 24.0 Å². The van der Waals surface area contributed by atoms with Crippen molar-refractivity contribution in [3.63, 3.8) is 0 Å². The average molecular weight is 246 g/mol. The van der Waals surface area contributed by atoms with Gasteiger partial charge in [0.1, 0.15) is 11.4 Å². The minimum atomic E-state index is -0.00662. The summed E-state index contributed by atoms with van der Waals surface area (Å²) in [5.41, 5.74) is 1.17. The second kappa shape index (κ2) is 3.85. The van der Waals surface area contributed by atoms with Crippen LogP contribution in [0.15, 0.2) is 18.2 Å². The van der Waals surface area contributed by atoms with Crippen LogP contribution >= 0.6 is 24.0 Å². The molecule has 15 heavy (non-hydrogen) atoms. The van der Waals surface area contributed by atoms with Crippen molar-refractivity contribution in [2.24, 2.45) is 0 Å². The van der Waals surface area contributed by atoms with Gasteiger partial charge in [-0.2, -0.15) is 0 Å². The van der Waals surface area contributed by atoms with Gasteiger partial charge in [0.25, 0.3) is 0 Å². The van der Waals surface area contributed by atoms with E-state index in [-0.39, 0.29) is 18.0 Å². The van der Waals surface area contributed by atoms with E-state index in [9.17, 15) is 0 Å². The standard InChI is InChI=1S/C11H12ClNO.ClH/c12-9-2-1-3-10-8(9)6-11(14-10)4-5-13-7-11;/h1-3,13H,4-7H2;1H. The molecule has 1 saturated heterocycles. The molecule has 2 heterocycles. The Kier molecular flexibility index (Phi) is 2.84. The normalized spacial score (nSPS) is 27.3. The van der Waals surface area contributed by atoms with E-state index in [1.54, 1.807) is 0 Å². The first-order valence-electron chi connectivity index (χ1n) is 4.96. The smallest absolute Gasteiger partial charge is 0.127 e. The second-order valence-electron chi connectivity index (χ2n) is 4.11. The van der Waals surface area contributed by atoms with Gasteiger partial charge in [-0.3, -0.25) is 0 Å². The summed E-state index contributed by atoms with van der Waals surface area (Å²) in [6, 6.07) is 5.89. The Balaban J connectivity index is 0.000000853. The first-order valence-corrected chi connectivity index (χ1v) is 5.34. The van der Waals surface area contributed by atoms with Crippen LogP contribution in [0.3, 0.4) is 0 Å². The molecule has 1 spiro atoms. The molecule has 1 N–H and O–H groups in total. The van der Waals surface area contributed by atoms with Crippen LogP contribution in [-0.4, -0.2) is 18.7 Å². The van der Waals surface area contributed by atoms with Crippen LogP contribution in [0.2, 0.25) is 5.02 Å². The van der Waals surface area contributed by atoms with Crippen LogP contribution in [0, 0.1) is 0 Å². The SMILES string of the molecule is Cl.Clc1cccc2c1CC1(CCNC1)O2. The number of ether oxygens (including phenoxy) is 1. The lowest BCUT2D eigenvalue weighted by Gasteiger charge is -2.21. The highest BCUT2D eigenvalue weighted by Crippen LogP contribution is 2.41. The zero-order valence-corrected chi connectivity index (χ0v) is 9.83. The predicted molar refractivity (Wildman–Crippen MR) is 63.2 cm³/mol. The molecule has 2 nitrogen and oxygen atoms in total. The lowest BCUT2D eigenvalue weighted by molar-refractivity contribution is 0.118. The van der Waals surface area contributed by atoms with Gasteiger partial charge >= 0.3 is 0 Å². The van der Waals surface area contributed by atoms with E-state index in [4.69, 9.17) is 16.3 Å². The minimum Gasteiger partial charge on any atom is -0.485 e. The topological polar surface area (TPSA) is 21.3 Å². The summed E-state index contributed by atoms with van der Waals surface area (Å²) in [5, 5.41) is 4.18. The molecule has 0 aliphatic carbocycles. The number of hydrogen-bond donors (Lipinski definition) is 1. The van der Waals surface area contributed by atoms with Gasteiger partial charge in [0, 0.05) is 30.0 Å². The molecule has 0 aromatic heterocycles. The number of rotatable bonds is 0. The van der Waals surface area contributed by atoms with Crippen LogP contribution in [0.5, 0.6) is 5.75 Å². The Labute approximate surface area is 100 Å². The number of fused-ring (bicyclic) bond motifs is 1. The van der Waals surface area contributed by atoms with Gasteiger partial charge in [-0.25, -0.2) is 0 Å². The lowest BCUT2D eigenvalue weighted by Crippen LogP contribution is -2.36. The van der Waals surface area contributed by atoms with E-state index in [1.165, 1.54) is 5.56 Å². The van der Waals surface area contributed by atoms with Crippen molar-refractivity contribution in [2.75, 3.05) is 13.1 Å². The third-order valence-electron chi connectivity index (χ3n) is 3.11. The van der Waals surface area contributed by atoms with Crippen molar-refractivity contribution in [3.05, 3.63) is 28.8 Å². The van der Waals surface area contributed by atoms with E-state index in [0.29, 0.717) is 0 Å². The van der Waals surface area contributed by atoms with Crippen molar-refractivity contribution < 1.29 is 4.74 Å². The molecular weight excluding hydrogens is 233 g/mol. The highest BCUT2D eigenvalue weighted by atomic mass is 35.5. The van der Waals surface area contributed by atoms with Crippen molar-refractivity contribution in [3.8, 4) is 5.75 Å². The van der Waals surface area contributed by atoms with Crippen LogP contribution in [0.25, 0.3) is 0 Å². The second-order valence-corrected chi connectivity index (χ2v) is 4.51. The Morgan fingerprint density at radius 3 is 2.93 bits per heavy atom. The Morgan fingerprint density at radius 2 is 2.27 bits per heavy atom. The summed E-state index contributed by atoms with van der Waals surface area (Å²) in [7, 11) is 0. The lowest BCUT2D eigenvalue weighted by atomic mass is 9.96. The highest BCUT2D eigenvalue weighted by Gasteiger charge is 2.42. The largest absolute Gasteiger partial charge is 0.485 e. The molecule has 1 unspecified atom stereocenters. The molecule has 4 heteroatoms. The van der Waals surface area contributed by atoms with Crippen LogP contribution in [-0.2, 0) is 6.42 Å². The summed E-state index contributed by atoms with van der Waals surface area (Å²) < 4.78 is 5.99. The molecule has 82 valence electrons. The summed E-state index contributed by atoms with van der Waals surface area (Å²) in [4.78, 5) is 0. The van der Waals surface area contributed by atoms with E-state index in [1.807, 2.05) is 18.2 Å². The van der Waals surface area contributed by atoms with Gasteiger partial charge in [0.2, 0.25) is 0 Å². The van der Waals surface area contributed by atoms with Gasteiger partial charge in [0.05, 0.1) is 0 Å².